The Kier molecular flexibility index (Phi) is 4.24. The minimum absolute atomic E-state index is 0.354. The maximum atomic E-state index is 6.10. The van der Waals surface area contributed by atoms with E-state index >= 15 is 0 Å². The van der Waals surface area contributed by atoms with E-state index in [4.69, 9.17) is 21.9 Å². The normalized spacial score (nSPS) is 10.8. The van der Waals surface area contributed by atoms with Gasteiger partial charge in [-0.3, -0.25) is 0 Å². The van der Waals surface area contributed by atoms with Crippen LogP contribution in [0, 0.1) is 3.57 Å². The number of nitrogen functional groups attached to an aromatic ring is 1. The van der Waals surface area contributed by atoms with E-state index < -0.39 is 0 Å². The van der Waals surface area contributed by atoms with Crippen molar-refractivity contribution in [3.05, 3.63) is 55.5 Å². The Morgan fingerprint density at radius 2 is 1.90 bits per heavy atom. The minimum Gasteiger partial charge on any atom is -0.380 e. The average molecular weight is 476 g/mol. The SMILES string of the molecule is Nc1noc(-c2cc(Cl)ccc2I)c1-c1ccccc1Br. The topological polar surface area (TPSA) is 52.0 Å². The van der Waals surface area contributed by atoms with E-state index in [2.05, 4.69) is 43.7 Å². The lowest BCUT2D eigenvalue weighted by atomic mass is 10.0. The predicted octanol–water partition coefficient (Wildman–Crippen LogP) is 5.61. The van der Waals surface area contributed by atoms with Gasteiger partial charge in [-0.15, -0.1) is 0 Å². The predicted molar refractivity (Wildman–Crippen MR) is 97.2 cm³/mol. The van der Waals surface area contributed by atoms with E-state index in [0.717, 1.165) is 24.7 Å². The molecule has 0 aliphatic carbocycles. The smallest absolute Gasteiger partial charge is 0.178 e. The summed E-state index contributed by atoms with van der Waals surface area (Å²) in [4.78, 5) is 0. The van der Waals surface area contributed by atoms with Gasteiger partial charge in [0.25, 0.3) is 0 Å². The molecule has 2 aromatic carbocycles. The molecule has 0 unspecified atom stereocenters. The third-order valence-corrected chi connectivity index (χ3v) is 4.90. The second-order valence-electron chi connectivity index (χ2n) is 4.38. The van der Waals surface area contributed by atoms with E-state index in [0.29, 0.717) is 16.6 Å². The first kappa shape index (κ1) is 14.9. The van der Waals surface area contributed by atoms with Gasteiger partial charge in [0.2, 0.25) is 0 Å². The van der Waals surface area contributed by atoms with Gasteiger partial charge in [0.15, 0.2) is 11.6 Å². The van der Waals surface area contributed by atoms with Crippen molar-refractivity contribution in [1.82, 2.24) is 5.16 Å². The summed E-state index contributed by atoms with van der Waals surface area (Å²) in [7, 11) is 0. The lowest BCUT2D eigenvalue weighted by Gasteiger charge is -2.07. The summed E-state index contributed by atoms with van der Waals surface area (Å²) in [6, 6.07) is 13.4. The lowest BCUT2D eigenvalue weighted by molar-refractivity contribution is 0.436. The molecule has 0 radical (unpaired) electrons. The van der Waals surface area contributed by atoms with Crippen molar-refractivity contribution in [1.29, 1.82) is 0 Å². The molecule has 0 atom stereocenters. The summed E-state index contributed by atoms with van der Waals surface area (Å²) in [5.41, 5.74) is 8.58. The first-order valence-corrected chi connectivity index (χ1v) is 8.28. The number of halogens is 3. The van der Waals surface area contributed by atoms with Crippen molar-refractivity contribution in [2.45, 2.75) is 0 Å². The molecule has 3 aromatic rings. The summed E-state index contributed by atoms with van der Waals surface area (Å²) < 4.78 is 7.41. The molecule has 1 heterocycles. The van der Waals surface area contributed by atoms with Crippen molar-refractivity contribution in [2.75, 3.05) is 5.73 Å². The van der Waals surface area contributed by atoms with Crippen LogP contribution in [0.25, 0.3) is 22.5 Å². The van der Waals surface area contributed by atoms with Gasteiger partial charge in [0.05, 0.1) is 5.56 Å². The highest BCUT2D eigenvalue weighted by Gasteiger charge is 2.21. The molecule has 21 heavy (non-hydrogen) atoms. The van der Waals surface area contributed by atoms with Crippen LogP contribution in [0.4, 0.5) is 5.82 Å². The maximum Gasteiger partial charge on any atom is 0.178 e. The highest BCUT2D eigenvalue weighted by Crippen LogP contribution is 2.41. The molecule has 0 fully saturated rings. The zero-order valence-corrected chi connectivity index (χ0v) is 15.1. The van der Waals surface area contributed by atoms with Crippen LogP contribution in [-0.4, -0.2) is 5.16 Å². The number of hydrogen-bond donors (Lipinski definition) is 1. The number of rotatable bonds is 2. The quantitative estimate of drug-likeness (QED) is 0.490. The van der Waals surface area contributed by atoms with E-state index in [9.17, 15) is 0 Å². The van der Waals surface area contributed by atoms with Crippen molar-refractivity contribution >= 4 is 55.9 Å². The Hall–Kier alpha value is -1.05. The Balaban J connectivity index is 2.27. The molecule has 0 aliphatic rings. The standard InChI is InChI=1S/C15H9BrClIN2O/c16-11-4-2-1-3-9(11)13-14(21-20-15(13)19)10-7-8(17)5-6-12(10)18/h1-7H,(H2,19,20). The fraction of sp³-hybridized carbons (Fsp3) is 0. The number of hydrogen-bond acceptors (Lipinski definition) is 3. The third kappa shape index (κ3) is 2.82. The second-order valence-corrected chi connectivity index (χ2v) is 6.83. The van der Waals surface area contributed by atoms with Gasteiger partial charge in [-0.2, -0.15) is 0 Å². The monoisotopic (exact) mass is 474 g/mol. The molecule has 0 saturated heterocycles. The Bertz CT molecular complexity index is 819. The van der Waals surface area contributed by atoms with E-state index in [1.54, 1.807) is 0 Å². The number of aromatic nitrogens is 1. The molecule has 3 rings (SSSR count). The highest BCUT2D eigenvalue weighted by molar-refractivity contribution is 14.1. The van der Waals surface area contributed by atoms with Crippen LogP contribution in [-0.2, 0) is 0 Å². The molecular weight excluding hydrogens is 466 g/mol. The van der Waals surface area contributed by atoms with Gasteiger partial charge in [0, 0.05) is 24.2 Å². The van der Waals surface area contributed by atoms with Crippen molar-refractivity contribution in [2.24, 2.45) is 0 Å². The largest absolute Gasteiger partial charge is 0.380 e. The summed E-state index contributed by atoms with van der Waals surface area (Å²) >= 11 is 11.9. The summed E-state index contributed by atoms with van der Waals surface area (Å²) in [5, 5.41) is 4.55. The summed E-state index contributed by atoms with van der Waals surface area (Å²) in [6.07, 6.45) is 0. The highest BCUT2D eigenvalue weighted by atomic mass is 127. The number of anilines is 1. The van der Waals surface area contributed by atoms with Crippen molar-refractivity contribution < 1.29 is 4.52 Å². The number of benzene rings is 2. The molecule has 6 heteroatoms. The minimum atomic E-state index is 0.354. The van der Waals surface area contributed by atoms with Crippen LogP contribution < -0.4 is 5.73 Å². The first-order chi connectivity index (χ1) is 10.1. The molecule has 0 spiro atoms. The van der Waals surface area contributed by atoms with Crippen LogP contribution in [0.1, 0.15) is 0 Å². The van der Waals surface area contributed by atoms with Crippen molar-refractivity contribution in [3.8, 4) is 22.5 Å². The van der Waals surface area contributed by atoms with Crippen molar-refractivity contribution in [3.63, 3.8) is 0 Å². The molecule has 106 valence electrons. The Morgan fingerprint density at radius 3 is 2.67 bits per heavy atom. The van der Waals surface area contributed by atoms with Crippen LogP contribution >= 0.6 is 50.1 Å². The summed E-state index contributed by atoms with van der Waals surface area (Å²) in [5.74, 6) is 0.971. The van der Waals surface area contributed by atoms with E-state index in [1.807, 2.05) is 42.5 Å². The number of nitrogens with zero attached hydrogens (tertiary/aromatic N) is 1. The van der Waals surface area contributed by atoms with Gasteiger partial charge < -0.3 is 10.3 Å². The summed E-state index contributed by atoms with van der Waals surface area (Å²) in [6.45, 7) is 0. The van der Waals surface area contributed by atoms with Gasteiger partial charge in [-0.25, -0.2) is 0 Å². The fourth-order valence-electron chi connectivity index (χ4n) is 2.08. The zero-order valence-electron chi connectivity index (χ0n) is 10.6. The van der Waals surface area contributed by atoms with Crippen LogP contribution in [0.3, 0.4) is 0 Å². The molecule has 0 bridgehead atoms. The van der Waals surface area contributed by atoms with Gasteiger partial charge in [0.1, 0.15) is 0 Å². The number of nitrogens with two attached hydrogens (primary N) is 1. The van der Waals surface area contributed by atoms with Gasteiger partial charge in [-0.05, 0) is 46.9 Å². The van der Waals surface area contributed by atoms with Gasteiger partial charge >= 0.3 is 0 Å². The van der Waals surface area contributed by atoms with Gasteiger partial charge in [-0.1, -0.05) is 50.9 Å². The van der Waals surface area contributed by atoms with Crippen LogP contribution in [0.5, 0.6) is 0 Å². The third-order valence-electron chi connectivity index (χ3n) is 3.03. The average Bonchev–Trinajstić information content (AvgIpc) is 2.84. The lowest BCUT2D eigenvalue weighted by Crippen LogP contribution is -1.90. The molecule has 0 saturated carbocycles. The Labute approximate surface area is 148 Å². The maximum absolute atomic E-state index is 6.10. The molecule has 0 amide bonds. The van der Waals surface area contributed by atoms with Crippen LogP contribution in [0.2, 0.25) is 5.02 Å². The first-order valence-electron chi connectivity index (χ1n) is 6.03. The fourth-order valence-corrected chi connectivity index (χ4v) is 3.32. The molecular formula is C15H9BrClIN2O. The molecule has 1 aromatic heterocycles. The zero-order chi connectivity index (χ0) is 15.0. The Morgan fingerprint density at radius 1 is 1.14 bits per heavy atom. The molecule has 0 aliphatic heterocycles. The molecule has 2 N–H and O–H groups in total. The van der Waals surface area contributed by atoms with E-state index in [-0.39, 0.29) is 0 Å². The molecule has 3 nitrogen and oxygen atoms in total. The van der Waals surface area contributed by atoms with E-state index in [1.165, 1.54) is 0 Å². The second kappa shape index (κ2) is 5.98. The van der Waals surface area contributed by atoms with Crippen LogP contribution in [0.15, 0.2) is 51.5 Å².